The summed E-state index contributed by atoms with van der Waals surface area (Å²) in [5.74, 6) is 3.75. The van der Waals surface area contributed by atoms with Gasteiger partial charge in [0.2, 0.25) is 5.89 Å². The molecule has 4 rings (SSSR count). The molecular formula is C21H26N4O3. The molecule has 0 radical (unpaired) electrons. The van der Waals surface area contributed by atoms with Crippen LogP contribution in [0.3, 0.4) is 0 Å². The summed E-state index contributed by atoms with van der Waals surface area (Å²) < 4.78 is 17.2. The van der Waals surface area contributed by atoms with E-state index in [2.05, 4.69) is 32.1 Å². The standard InChI is InChI=1S/C21H26N4O3/c1-4-26-19-8-6-5-7-18(19)25-11-9-24(10-12-25)14-20-22-23-21(28-20)17-13-15(2)27-16(17)3/h5-8,13H,4,9-12,14H2,1-3H3. The number of ether oxygens (including phenoxy) is 1. The summed E-state index contributed by atoms with van der Waals surface area (Å²) in [6.07, 6.45) is 0. The first kappa shape index (κ1) is 18.6. The fourth-order valence-electron chi connectivity index (χ4n) is 3.60. The Kier molecular flexibility index (Phi) is 5.34. The molecule has 3 aromatic rings. The van der Waals surface area contributed by atoms with Gasteiger partial charge in [-0.05, 0) is 39.0 Å². The quantitative estimate of drug-likeness (QED) is 0.644. The van der Waals surface area contributed by atoms with Gasteiger partial charge in [-0.25, -0.2) is 0 Å². The van der Waals surface area contributed by atoms with Crippen molar-refractivity contribution in [1.29, 1.82) is 0 Å². The van der Waals surface area contributed by atoms with Crippen molar-refractivity contribution in [1.82, 2.24) is 15.1 Å². The lowest BCUT2D eigenvalue weighted by molar-refractivity contribution is 0.226. The highest BCUT2D eigenvalue weighted by Crippen LogP contribution is 2.29. The van der Waals surface area contributed by atoms with Gasteiger partial charge in [0.15, 0.2) is 0 Å². The van der Waals surface area contributed by atoms with Gasteiger partial charge < -0.3 is 18.5 Å². The number of hydrogen-bond acceptors (Lipinski definition) is 7. The first-order valence-corrected chi connectivity index (χ1v) is 9.73. The zero-order chi connectivity index (χ0) is 19.5. The van der Waals surface area contributed by atoms with Crippen molar-refractivity contribution >= 4 is 5.69 Å². The van der Waals surface area contributed by atoms with Gasteiger partial charge in [-0.15, -0.1) is 10.2 Å². The summed E-state index contributed by atoms with van der Waals surface area (Å²) in [5, 5.41) is 8.41. The third-order valence-corrected chi connectivity index (χ3v) is 4.98. The molecule has 0 atom stereocenters. The van der Waals surface area contributed by atoms with Gasteiger partial charge in [-0.1, -0.05) is 12.1 Å². The van der Waals surface area contributed by atoms with E-state index in [1.54, 1.807) is 0 Å². The van der Waals surface area contributed by atoms with Crippen LogP contribution in [-0.2, 0) is 6.54 Å². The average Bonchev–Trinajstić information content (AvgIpc) is 3.29. The molecule has 7 heteroatoms. The Morgan fingerprint density at radius 2 is 1.82 bits per heavy atom. The third kappa shape index (κ3) is 3.89. The van der Waals surface area contributed by atoms with E-state index in [4.69, 9.17) is 13.6 Å². The van der Waals surface area contributed by atoms with Gasteiger partial charge in [0, 0.05) is 26.2 Å². The van der Waals surface area contributed by atoms with E-state index in [9.17, 15) is 0 Å². The van der Waals surface area contributed by atoms with Crippen LogP contribution < -0.4 is 9.64 Å². The number of piperazine rings is 1. The van der Waals surface area contributed by atoms with E-state index in [1.165, 1.54) is 0 Å². The van der Waals surface area contributed by atoms with Crippen LogP contribution in [0.15, 0.2) is 39.2 Å². The smallest absolute Gasteiger partial charge is 0.251 e. The zero-order valence-electron chi connectivity index (χ0n) is 16.6. The lowest BCUT2D eigenvalue weighted by Gasteiger charge is -2.36. The third-order valence-electron chi connectivity index (χ3n) is 4.98. The van der Waals surface area contributed by atoms with Crippen molar-refractivity contribution in [3.63, 3.8) is 0 Å². The lowest BCUT2D eigenvalue weighted by Crippen LogP contribution is -2.46. The molecule has 1 aliphatic heterocycles. The fourth-order valence-corrected chi connectivity index (χ4v) is 3.60. The molecule has 148 valence electrons. The molecule has 0 aliphatic carbocycles. The zero-order valence-corrected chi connectivity index (χ0v) is 16.6. The summed E-state index contributed by atoms with van der Waals surface area (Å²) in [5.41, 5.74) is 2.03. The molecule has 0 N–H and O–H groups in total. The first-order chi connectivity index (χ1) is 13.6. The average molecular weight is 382 g/mol. The summed E-state index contributed by atoms with van der Waals surface area (Å²) in [6.45, 7) is 10.9. The Labute approximate surface area is 164 Å². The monoisotopic (exact) mass is 382 g/mol. The molecule has 2 aromatic heterocycles. The van der Waals surface area contributed by atoms with Crippen molar-refractivity contribution in [2.75, 3.05) is 37.7 Å². The second-order valence-corrected chi connectivity index (χ2v) is 6.99. The maximum absolute atomic E-state index is 5.87. The Hall–Kier alpha value is -2.80. The topological polar surface area (TPSA) is 67.8 Å². The number of hydrogen-bond donors (Lipinski definition) is 0. The van der Waals surface area contributed by atoms with E-state index in [0.717, 1.165) is 54.7 Å². The second kappa shape index (κ2) is 8.06. The highest BCUT2D eigenvalue weighted by Gasteiger charge is 2.22. The molecule has 1 fully saturated rings. The molecule has 0 bridgehead atoms. The number of anilines is 1. The number of benzene rings is 1. The highest BCUT2D eigenvalue weighted by molar-refractivity contribution is 5.58. The highest BCUT2D eigenvalue weighted by atomic mass is 16.5. The van der Waals surface area contributed by atoms with E-state index in [0.29, 0.717) is 24.9 Å². The summed E-state index contributed by atoms with van der Waals surface area (Å²) in [4.78, 5) is 4.71. The Morgan fingerprint density at radius 3 is 2.54 bits per heavy atom. The molecular weight excluding hydrogens is 356 g/mol. The largest absolute Gasteiger partial charge is 0.492 e. The minimum absolute atomic E-state index is 0.522. The fraction of sp³-hybridized carbons (Fsp3) is 0.429. The van der Waals surface area contributed by atoms with Crippen LogP contribution in [0.25, 0.3) is 11.5 Å². The van der Waals surface area contributed by atoms with Crippen LogP contribution in [0.4, 0.5) is 5.69 Å². The number of furan rings is 1. The van der Waals surface area contributed by atoms with Crippen LogP contribution in [0.5, 0.6) is 5.75 Å². The van der Waals surface area contributed by atoms with Gasteiger partial charge in [0.1, 0.15) is 17.3 Å². The molecule has 0 unspecified atom stereocenters. The van der Waals surface area contributed by atoms with Gasteiger partial charge in [0.25, 0.3) is 5.89 Å². The van der Waals surface area contributed by atoms with E-state index < -0.39 is 0 Å². The van der Waals surface area contributed by atoms with Gasteiger partial charge in [-0.2, -0.15) is 0 Å². The molecule has 0 saturated carbocycles. The van der Waals surface area contributed by atoms with Gasteiger partial charge in [-0.3, -0.25) is 4.90 Å². The Balaban J connectivity index is 1.37. The molecule has 28 heavy (non-hydrogen) atoms. The first-order valence-electron chi connectivity index (χ1n) is 9.73. The van der Waals surface area contributed by atoms with E-state index in [-0.39, 0.29) is 0 Å². The molecule has 0 amide bonds. The van der Waals surface area contributed by atoms with Crippen LogP contribution in [0.2, 0.25) is 0 Å². The summed E-state index contributed by atoms with van der Waals surface area (Å²) in [6, 6.07) is 10.2. The number of para-hydroxylation sites is 2. The SMILES string of the molecule is CCOc1ccccc1N1CCN(Cc2nnc(-c3cc(C)oc3C)o2)CC1. The van der Waals surface area contributed by atoms with Crippen LogP contribution >= 0.6 is 0 Å². The van der Waals surface area contributed by atoms with Crippen molar-refractivity contribution in [2.45, 2.75) is 27.3 Å². The Morgan fingerprint density at radius 1 is 1.04 bits per heavy atom. The van der Waals surface area contributed by atoms with Crippen molar-refractivity contribution in [2.24, 2.45) is 0 Å². The molecule has 1 saturated heterocycles. The van der Waals surface area contributed by atoms with Crippen molar-refractivity contribution in [3.05, 3.63) is 47.7 Å². The number of nitrogens with zero attached hydrogens (tertiary/aromatic N) is 4. The summed E-state index contributed by atoms with van der Waals surface area (Å²) >= 11 is 0. The summed E-state index contributed by atoms with van der Waals surface area (Å²) in [7, 11) is 0. The van der Waals surface area contributed by atoms with E-state index in [1.807, 2.05) is 39.0 Å². The Bertz CT molecular complexity index is 925. The van der Waals surface area contributed by atoms with Crippen molar-refractivity contribution < 1.29 is 13.6 Å². The second-order valence-electron chi connectivity index (χ2n) is 6.99. The maximum Gasteiger partial charge on any atom is 0.251 e. The predicted octanol–water partition coefficient (Wildman–Crippen LogP) is 3.67. The molecule has 1 aromatic carbocycles. The number of aromatic nitrogens is 2. The predicted molar refractivity (Wildman–Crippen MR) is 107 cm³/mol. The molecule has 3 heterocycles. The van der Waals surface area contributed by atoms with Crippen molar-refractivity contribution in [3.8, 4) is 17.2 Å². The molecule has 0 spiro atoms. The molecule has 7 nitrogen and oxygen atoms in total. The van der Waals surface area contributed by atoms with Crippen LogP contribution in [0.1, 0.15) is 24.3 Å². The lowest BCUT2D eigenvalue weighted by atomic mass is 10.2. The number of aryl methyl sites for hydroxylation is 2. The van der Waals surface area contributed by atoms with Gasteiger partial charge >= 0.3 is 0 Å². The van der Waals surface area contributed by atoms with Gasteiger partial charge in [0.05, 0.1) is 24.4 Å². The number of rotatable bonds is 6. The van der Waals surface area contributed by atoms with Crippen LogP contribution in [0, 0.1) is 13.8 Å². The normalized spacial score (nSPS) is 15.2. The van der Waals surface area contributed by atoms with Crippen LogP contribution in [-0.4, -0.2) is 47.9 Å². The minimum atomic E-state index is 0.522. The minimum Gasteiger partial charge on any atom is -0.492 e. The molecule has 1 aliphatic rings. The maximum atomic E-state index is 5.87. The van der Waals surface area contributed by atoms with E-state index >= 15 is 0 Å².